The minimum atomic E-state index is -3.26. The molecule has 1 unspecified atom stereocenters. The molecule has 1 aliphatic heterocycles. The van der Waals surface area contributed by atoms with Crippen LogP contribution >= 0.6 is 0 Å². The van der Waals surface area contributed by atoms with Crippen LogP contribution in [0.4, 0.5) is 0 Å². The summed E-state index contributed by atoms with van der Waals surface area (Å²) < 4.78 is 37.8. The number of benzene rings is 2. The molecule has 2 aromatic carbocycles. The maximum atomic E-state index is 12.7. The van der Waals surface area contributed by atoms with E-state index in [1.165, 1.54) is 17.9 Å². The number of ether oxygens (including phenoxy) is 2. The first-order chi connectivity index (χ1) is 15.0. The number of sulfonamides is 1. The molecular formula is C24H34LiNO4S. The monoisotopic (exact) mass is 439 g/mol. The van der Waals surface area contributed by atoms with Gasteiger partial charge in [-0.25, -0.2) is 8.42 Å². The van der Waals surface area contributed by atoms with Gasteiger partial charge in [0.1, 0.15) is 5.75 Å². The molecule has 0 bridgehead atoms. The third-order valence-corrected chi connectivity index (χ3v) is 7.75. The summed E-state index contributed by atoms with van der Waals surface area (Å²) in [6.07, 6.45) is 3.93. The molecule has 0 radical (unpaired) electrons. The van der Waals surface area contributed by atoms with Crippen molar-refractivity contribution in [3.05, 3.63) is 65.7 Å². The second-order valence-corrected chi connectivity index (χ2v) is 10.0. The van der Waals surface area contributed by atoms with Gasteiger partial charge in [0.25, 0.3) is 0 Å². The van der Waals surface area contributed by atoms with Gasteiger partial charge in [0.2, 0.25) is 10.0 Å². The molecule has 1 heterocycles. The van der Waals surface area contributed by atoms with E-state index in [0.29, 0.717) is 39.1 Å². The van der Waals surface area contributed by atoms with Crippen molar-refractivity contribution in [2.45, 2.75) is 56.1 Å². The van der Waals surface area contributed by atoms with Crippen molar-refractivity contribution in [2.75, 3.05) is 20.3 Å². The predicted octanol–water partition coefficient (Wildman–Crippen LogP) is 4.58. The molecule has 31 heavy (non-hydrogen) atoms. The van der Waals surface area contributed by atoms with Gasteiger partial charge in [0.15, 0.2) is 0 Å². The molecule has 0 aliphatic carbocycles. The van der Waals surface area contributed by atoms with E-state index in [1.54, 1.807) is 11.4 Å². The second kappa shape index (κ2) is 14.0. The van der Waals surface area contributed by atoms with Gasteiger partial charge < -0.3 is 9.47 Å². The van der Waals surface area contributed by atoms with Gasteiger partial charge in [-0.15, -0.1) is 0 Å². The Balaban J connectivity index is 0.000000614. The molecule has 0 spiro atoms. The maximum absolute atomic E-state index is 12.7. The van der Waals surface area contributed by atoms with Gasteiger partial charge in [-0.2, -0.15) is 4.31 Å². The molecule has 0 N–H and O–H groups in total. The summed E-state index contributed by atoms with van der Waals surface area (Å²) in [4.78, 5) is 0. The Kier molecular flexibility index (Phi) is 11.7. The molecule has 166 valence electrons. The van der Waals surface area contributed by atoms with E-state index in [9.17, 15) is 8.42 Å². The van der Waals surface area contributed by atoms with Crippen molar-refractivity contribution < 1.29 is 17.9 Å². The Labute approximate surface area is 197 Å². The number of rotatable bonds is 10. The van der Waals surface area contributed by atoms with Crippen LogP contribution < -0.4 is 4.74 Å². The molecule has 1 aliphatic rings. The molecule has 0 saturated carbocycles. The molecular weight excluding hydrogens is 405 g/mol. The van der Waals surface area contributed by atoms with Gasteiger partial charge in [-0.05, 0) is 36.1 Å². The van der Waals surface area contributed by atoms with Gasteiger partial charge in [-0.3, -0.25) is 0 Å². The fourth-order valence-electron chi connectivity index (χ4n) is 3.50. The van der Waals surface area contributed by atoms with Crippen molar-refractivity contribution in [1.82, 2.24) is 4.31 Å². The summed E-state index contributed by atoms with van der Waals surface area (Å²) >= 11 is 2.21. The van der Waals surface area contributed by atoms with Crippen molar-refractivity contribution in [2.24, 2.45) is 0 Å². The molecule has 1 fully saturated rings. The van der Waals surface area contributed by atoms with E-state index < -0.39 is 10.0 Å². The van der Waals surface area contributed by atoms with E-state index in [4.69, 9.17) is 9.47 Å². The SMILES string of the molecule is COc1ccc(CN2CCC(CCOCc3ccccc3)S2(=O)=O)cc1.[Li][CH2]CCC. The van der Waals surface area contributed by atoms with Crippen LogP contribution in [-0.4, -0.2) is 55.9 Å². The topological polar surface area (TPSA) is 55.8 Å². The molecule has 1 saturated heterocycles. The van der Waals surface area contributed by atoms with Crippen LogP contribution in [0.5, 0.6) is 5.75 Å². The summed E-state index contributed by atoms with van der Waals surface area (Å²) in [5.41, 5.74) is 2.07. The van der Waals surface area contributed by atoms with Crippen molar-refractivity contribution in [1.29, 1.82) is 0 Å². The van der Waals surface area contributed by atoms with Gasteiger partial charge in [0, 0.05) is 19.7 Å². The zero-order valence-electron chi connectivity index (χ0n) is 19.1. The molecule has 5 nitrogen and oxygen atoms in total. The van der Waals surface area contributed by atoms with Crippen LogP contribution in [0, 0.1) is 0 Å². The Hall–Kier alpha value is -1.29. The average molecular weight is 440 g/mol. The van der Waals surface area contributed by atoms with Gasteiger partial charge in [0.05, 0.1) is 19.0 Å². The van der Waals surface area contributed by atoms with Gasteiger partial charge >= 0.3 is 42.6 Å². The Morgan fingerprint density at radius 3 is 2.35 bits per heavy atom. The van der Waals surface area contributed by atoms with E-state index in [2.05, 4.69) is 24.6 Å². The van der Waals surface area contributed by atoms with Crippen LogP contribution in [0.3, 0.4) is 0 Å². The van der Waals surface area contributed by atoms with Gasteiger partial charge in [-0.1, -0.05) is 42.5 Å². The van der Waals surface area contributed by atoms with Crippen molar-refractivity contribution in [3.63, 3.8) is 0 Å². The minimum absolute atomic E-state index is 0.350. The Bertz CT molecular complexity index is 842. The van der Waals surface area contributed by atoms with Crippen LogP contribution in [0.15, 0.2) is 54.6 Å². The van der Waals surface area contributed by atoms with Crippen LogP contribution in [-0.2, 0) is 27.9 Å². The zero-order valence-corrected chi connectivity index (χ0v) is 19.9. The zero-order chi connectivity index (χ0) is 22.5. The van der Waals surface area contributed by atoms with E-state index in [1.807, 2.05) is 54.6 Å². The van der Waals surface area contributed by atoms with Crippen molar-refractivity contribution >= 4 is 27.7 Å². The molecule has 0 aromatic heterocycles. The molecule has 1 atom stereocenters. The number of hydrogen-bond acceptors (Lipinski definition) is 4. The quantitative estimate of drug-likeness (QED) is 0.402. The van der Waals surface area contributed by atoms with Crippen LogP contribution in [0.25, 0.3) is 0 Å². The standard InChI is InChI=1S/C20H25NO4S.C4H9.Li/c1-24-19-9-7-17(8-10-19)15-21-13-11-20(26(21,22)23)12-14-25-16-18-5-3-2-4-6-18;1-3-4-2;/h2-10,20H,11-16H2,1H3;1,3-4H2,2H3;. The third-order valence-electron chi connectivity index (χ3n) is 5.40. The summed E-state index contributed by atoms with van der Waals surface area (Å²) in [6.45, 7) is 4.16. The van der Waals surface area contributed by atoms with E-state index >= 15 is 0 Å². The van der Waals surface area contributed by atoms with Crippen LogP contribution in [0.2, 0.25) is 5.09 Å². The molecule has 3 rings (SSSR count). The number of unbranched alkanes of at least 4 members (excludes halogenated alkanes) is 1. The third kappa shape index (κ3) is 8.63. The summed E-state index contributed by atoms with van der Waals surface area (Å²) in [5.74, 6) is 0.770. The molecule has 7 heteroatoms. The Morgan fingerprint density at radius 1 is 1.06 bits per heavy atom. The predicted molar refractivity (Wildman–Crippen MR) is 127 cm³/mol. The van der Waals surface area contributed by atoms with E-state index in [0.717, 1.165) is 16.9 Å². The first-order valence-electron chi connectivity index (χ1n) is 11.2. The fraction of sp³-hybridized carbons (Fsp3) is 0.500. The first kappa shape index (κ1) is 26.0. The number of nitrogens with zero attached hydrogens (tertiary/aromatic N) is 1. The van der Waals surface area contributed by atoms with Crippen LogP contribution in [0.1, 0.15) is 43.7 Å². The normalized spacial score (nSPS) is 17.7. The average Bonchev–Trinajstić information content (AvgIpc) is 3.06. The molecule has 2 aromatic rings. The Morgan fingerprint density at radius 2 is 1.77 bits per heavy atom. The summed E-state index contributed by atoms with van der Waals surface area (Å²) in [7, 11) is -1.65. The number of methoxy groups -OCH3 is 1. The number of hydrogen-bond donors (Lipinski definition) is 0. The first-order valence-corrected chi connectivity index (χ1v) is 12.7. The summed E-state index contributed by atoms with van der Waals surface area (Å²) in [6, 6.07) is 17.4. The second-order valence-electron chi connectivity index (χ2n) is 7.82. The summed E-state index contributed by atoms with van der Waals surface area (Å²) in [5, 5.41) is 0.993. The van der Waals surface area contributed by atoms with E-state index in [-0.39, 0.29) is 5.25 Å². The van der Waals surface area contributed by atoms with Crippen molar-refractivity contribution in [3.8, 4) is 5.75 Å². The fourth-order valence-corrected chi connectivity index (χ4v) is 5.41. The molecule has 0 amide bonds.